The van der Waals surface area contributed by atoms with E-state index in [2.05, 4.69) is 5.32 Å². The van der Waals surface area contributed by atoms with Crippen LogP contribution in [0.25, 0.3) is 6.08 Å². The molecule has 3 aliphatic heterocycles. The molecule has 9 nitrogen and oxygen atoms in total. The van der Waals surface area contributed by atoms with E-state index >= 15 is 0 Å². The molecule has 0 radical (unpaired) electrons. The molecule has 208 valence electrons. The fraction of sp³-hybridized carbons (Fsp3) is 0.323. The number of ether oxygens (including phenoxy) is 3. The fourth-order valence-corrected chi connectivity index (χ4v) is 6.39. The normalized spacial score (nSPS) is 20.8. The lowest BCUT2D eigenvalue weighted by molar-refractivity contribution is -0.138. The molecule has 0 saturated carbocycles. The highest BCUT2D eigenvalue weighted by Gasteiger charge is 2.50. The second-order valence-electron chi connectivity index (χ2n) is 10.5. The summed E-state index contributed by atoms with van der Waals surface area (Å²) in [5.74, 6) is 0.160. The number of fused-ring (bicyclic) bond motifs is 7. The number of nitrogens with one attached hydrogen (secondary N) is 1. The van der Waals surface area contributed by atoms with Crippen molar-refractivity contribution < 1.29 is 34.3 Å². The first-order valence-electron chi connectivity index (χ1n) is 13.2. The zero-order valence-corrected chi connectivity index (χ0v) is 22.8. The van der Waals surface area contributed by atoms with E-state index in [-0.39, 0.29) is 35.5 Å². The molecule has 1 fully saturated rings. The van der Waals surface area contributed by atoms with Gasteiger partial charge < -0.3 is 34.4 Å². The van der Waals surface area contributed by atoms with Gasteiger partial charge in [-0.05, 0) is 43.0 Å². The molecule has 9 heteroatoms. The van der Waals surface area contributed by atoms with Crippen LogP contribution in [0.3, 0.4) is 0 Å². The molecular weight excluding hydrogens is 512 g/mol. The second kappa shape index (κ2) is 9.76. The first kappa shape index (κ1) is 26.0. The molecule has 3 atom stereocenters. The summed E-state index contributed by atoms with van der Waals surface area (Å²) in [6.07, 6.45) is 2.09. The van der Waals surface area contributed by atoms with Gasteiger partial charge in [0.2, 0.25) is 5.91 Å². The summed E-state index contributed by atoms with van der Waals surface area (Å²) in [6.45, 7) is 3.88. The van der Waals surface area contributed by atoms with Gasteiger partial charge in [0.15, 0.2) is 23.0 Å². The first-order chi connectivity index (χ1) is 19.3. The highest BCUT2D eigenvalue weighted by Crippen LogP contribution is 2.55. The number of benzene rings is 3. The van der Waals surface area contributed by atoms with Crippen LogP contribution in [0.2, 0.25) is 0 Å². The van der Waals surface area contributed by atoms with E-state index in [1.807, 2.05) is 43.3 Å². The lowest BCUT2D eigenvalue weighted by atomic mass is 9.79. The van der Waals surface area contributed by atoms with Crippen molar-refractivity contribution in [1.82, 2.24) is 10.2 Å². The van der Waals surface area contributed by atoms with Crippen LogP contribution in [-0.4, -0.2) is 53.0 Å². The minimum Gasteiger partial charge on any atom is -0.507 e. The van der Waals surface area contributed by atoms with Gasteiger partial charge in [-0.15, -0.1) is 0 Å². The number of methoxy groups -OCH3 is 2. The van der Waals surface area contributed by atoms with Crippen molar-refractivity contribution in [1.29, 1.82) is 0 Å². The molecule has 1 amide bonds. The van der Waals surface area contributed by atoms with Crippen LogP contribution in [0.5, 0.6) is 28.7 Å². The Bertz CT molecular complexity index is 1550. The van der Waals surface area contributed by atoms with Gasteiger partial charge in [0, 0.05) is 28.0 Å². The number of hydrogen-bond acceptors (Lipinski definition) is 8. The maximum absolute atomic E-state index is 14.0. The van der Waals surface area contributed by atoms with Gasteiger partial charge in [-0.25, -0.2) is 0 Å². The van der Waals surface area contributed by atoms with E-state index in [1.54, 1.807) is 17.9 Å². The van der Waals surface area contributed by atoms with Gasteiger partial charge >= 0.3 is 0 Å². The van der Waals surface area contributed by atoms with Gasteiger partial charge in [0.05, 0.1) is 45.6 Å². The SMILES string of the molecule is COc1c(C)cc2c(c1O)[C@H]1N[C@@H](C2)C(=O)N2C1=Cc1c(O)c(C)c(OC)c(O)c1[C@@H]2COCc1ccccc1. The fourth-order valence-electron chi connectivity index (χ4n) is 6.39. The standard InChI is InChI=1S/C31H32N2O7/c1-15-10-18-11-20-31(37)33-21(25(32-20)23(18)27(35)29(15)38-3)12-19-24(28(36)30(39-4)16(2)26(19)34)22(33)14-40-13-17-8-6-5-7-9-17/h5-10,12,20,22,25,32,34-36H,11,13-14H2,1-4H3/t20-,22-,25-/m0/s1. The van der Waals surface area contributed by atoms with Crippen LogP contribution < -0.4 is 14.8 Å². The second-order valence-corrected chi connectivity index (χ2v) is 10.5. The number of phenols is 3. The Morgan fingerprint density at radius 1 is 0.975 bits per heavy atom. The summed E-state index contributed by atoms with van der Waals surface area (Å²) in [5.41, 5.74) is 4.90. The Balaban J connectivity index is 1.52. The Morgan fingerprint density at radius 2 is 1.68 bits per heavy atom. The van der Waals surface area contributed by atoms with Crippen molar-refractivity contribution in [2.24, 2.45) is 0 Å². The Morgan fingerprint density at radius 3 is 2.38 bits per heavy atom. The van der Waals surface area contributed by atoms with E-state index in [1.165, 1.54) is 14.2 Å². The number of carbonyl (C=O) groups is 1. The van der Waals surface area contributed by atoms with Gasteiger partial charge in [-0.2, -0.15) is 0 Å². The van der Waals surface area contributed by atoms with Crippen LogP contribution in [0.1, 0.15) is 51.0 Å². The third-order valence-corrected chi connectivity index (χ3v) is 8.20. The van der Waals surface area contributed by atoms with Crippen LogP contribution in [0.4, 0.5) is 0 Å². The monoisotopic (exact) mass is 544 g/mol. The lowest BCUT2D eigenvalue weighted by Crippen LogP contribution is -2.59. The largest absolute Gasteiger partial charge is 0.507 e. The maximum Gasteiger partial charge on any atom is 0.244 e. The molecule has 3 aromatic carbocycles. The van der Waals surface area contributed by atoms with E-state index in [0.717, 1.165) is 16.7 Å². The molecule has 1 saturated heterocycles. The molecule has 3 aliphatic rings. The first-order valence-corrected chi connectivity index (χ1v) is 13.2. The smallest absolute Gasteiger partial charge is 0.244 e. The summed E-state index contributed by atoms with van der Waals surface area (Å²) >= 11 is 0. The average molecular weight is 545 g/mol. The number of nitrogens with zero attached hydrogens (tertiary/aromatic N) is 1. The van der Waals surface area contributed by atoms with Crippen molar-refractivity contribution in [2.75, 3.05) is 20.8 Å². The molecule has 0 spiro atoms. The third kappa shape index (κ3) is 3.80. The molecule has 2 bridgehead atoms. The third-order valence-electron chi connectivity index (χ3n) is 8.20. The molecule has 0 unspecified atom stereocenters. The molecule has 3 heterocycles. The van der Waals surface area contributed by atoms with Crippen molar-refractivity contribution in [3.8, 4) is 28.7 Å². The van der Waals surface area contributed by atoms with Crippen LogP contribution in [-0.2, 0) is 22.6 Å². The maximum atomic E-state index is 14.0. The predicted octanol–water partition coefficient (Wildman–Crippen LogP) is 4.15. The summed E-state index contributed by atoms with van der Waals surface area (Å²) in [7, 11) is 2.94. The van der Waals surface area contributed by atoms with Gasteiger partial charge in [-0.3, -0.25) is 10.1 Å². The number of carbonyl (C=O) groups excluding carboxylic acids is 1. The number of piperazine rings is 1. The molecule has 4 N–H and O–H groups in total. The number of amides is 1. The van der Waals surface area contributed by atoms with Crippen molar-refractivity contribution in [2.45, 2.75) is 45.0 Å². The number of phenolic OH excluding ortho intramolecular Hbond substituents is 3. The van der Waals surface area contributed by atoms with Crippen LogP contribution in [0.15, 0.2) is 42.1 Å². The average Bonchev–Trinajstić information content (AvgIpc) is 2.95. The Hall–Kier alpha value is -4.21. The Labute approximate surface area is 232 Å². The minimum absolute atomic E-state index is 0.0179. The van der Waals surface area contributed by atoms with Gasteiger partial charge in [0.25, 0.3) is 0 Å². The summed E-state index contributed by atoms with van der Waals surface area (Å²) < 4.78 is 17.1. The molecule has 40 heavy (non-hydrogen) atoms. The van der Waals surface area contributed by atoms with Crippen LogP contribution >= 0.6 is 0 Å². The van der Waals surface area contributed by atoms with Crippen LogP contribution in [0, 0.1) is 13.8 Å². The van der Waals surface area contributed by atoms with Gasteiger partial charge in [0.1, 0.15) is 5.75 Å². The number of aromatic hydroxyl groups is 3. The molecule has 6 rings (SSSR count). The highest BCUT2D eigenvalue weighted by atomic mass is 16.5. The summed E-state index contributed by atoms with van der Waals surface area (Å²) in [6, 6.07) is 9.76. The zero-order valence-electron chi connectivity index (χ0n) is 22.8. The minimum atomic E-state index is -0.755. The van der Waals surface area contributed by atoms with Crippen molar-refractivity contribution in [3.63, 3.8) is 0 Å². The topological polar surface area (TPSA) is 121 Å². The number of rotatable bonds is 6. The zero-order chi connectivity index (χ0) is 28.3. The number of hydrogen-bond donors (Lipinski definition) is 4. The highest BCUT2D eigenvalue weighted by molar-refractivity contribution is 5.91. The summed E-state index contributed by atoms with van der Waals surface area (Å²) in [4.78, 5) is 15.7. The molecule has 0 aliphatic carbocycles. The lowest BCUT2D eigenvalue weighted by Gasteiger charge is -2.49. The van der Waals surface area contributed by atoms with Crippen molar-refractivity contribution >= 4 is 12.0 Å². The van der Waals surface area contributed by atoms with E-state index < -0.39 is 18.1 Å². The van der Waals surface area contributed by atoms with E-state index in [0.29, 0.717) is 46.7 Å². The molecule has 0 aromatic heterocycles. The predicted molar refractivity (Wildman–Crippen MR) is 147 cm³/mol. The van der Waals surface area contributed by atoms with Crippen molar-refractivity contribution in [3.05, 3.63) is 81.0 Å². The summed E-state index contributed by atoms with van der Waals surface area (Å²) in [5, 5.41) is 37.3. The number of aryl methyl sites for hydroxylation is 1. The molecular formula is C31H32N2O7. The molecule has 3 aromatic rings. The van der Waals surface area contributed by atoms with E-state index in [9.17, 15) is 20.1 Å². The van der Waals surface area contributed by atoms with E-state index in [4.69, 9.17) is 14.2 Å². The Kier molecular flexibility index (Phi) is 6.35. The van der Waals surface area contributed by atoms with Gasteiger partial charge in [-0.1, -0.05) is 36.4 Å². The quantitative estimate of drug-likeness (QED) is 0.342.